The molecule has 0 aromatic carbocycles. The van der Waals surface area contributed by atoms with Gasteiger partial charge in [0.05, 0.1) is 24.5 Å². The van der Waals surface area contributed by atoms with Crippen molar-refractivity contribution in [3.8, 4) is 0 Å². The van der Waals surface area contributed by atoms with Gasteiger partial charge in [0.2, 0.25) is 0 Å². The summed E-state index contributed by atoms with van der Waals surface area (Å²) < 4.78 is 6.44. The molecule has 9 nitrogen and oxygen atoms in total. The van der Waals surface area contributed by atoms with Crippen LogP contribution in [-0.4, -0.2) is 88.7 Å². The number of thiazole rings is 1. The Morgan fingerprint density at radius 2 is 1.63 bits per heavy atom. The predicted molar refractivity (Wildman–Crippen MR) is 224 cm³/mol. The lowest BCUT2D eigenvalue weighted by Crippen LogP contribution is -2.66. The Labute approximate surface area is 346 Å². The summed E-state index contributed by atoms with van der Waals surface area (Å²) in [6.45, 7) is 23.4. The van der Waals surface area contributed by atoms with E-state index in [2.05, 4.69) is 77.3 Å². The number of rotatable bonds is 12. The van der Waals surface area contributed by atoms with E-state index >= 15 is 0 Å². The van der Waals surface area contributed by atoms with Crippen LogP contribution < -0.4 is 0 Å². The van der Waals surface area contributed by atoms with E-state index in [1.54, 1.807) is 11.3 Å². The number of carbonyl (C=O) groups excluding carboxylic acids is 2. The molecule has 2 N–H and O–H groups in total. The molecule has 0 amide bonds. The van der Waals surface area contributed by atoms with Crippen molar-refractivity contribution in [2.75, 3.05) is 33.7 Å². The monoisotopic (exact) mass is 808 g/mol. The minimum absolute atomic E-state index is 0.0113. The third-order valence-electron chi connectivity index (χ3n) is 18.3. The fourth-order valence-electron chi connectivity index (χ4n) is 14.8. The van der Waals surface area contributed by atoms with Crippen LogP contribution in [0.15, 0.2) is 22.7 Å². The largest absolute Gasteiger partial charge is 0.481 e. The van der Waals surface area contributed by atoms with Crippen molar-refractivity contribution in [3.63, 3.8) is 0 Å². The summed E-state index contributed by atoms with van der Waals surface area (Å²) >= 11 is 1.66. The van der Waals surface area contributed by atoms with Crippen LogP contribution >= 0.6 is 11.3 Å². The lowest BCUT2D eigenvalue weighted by Gasteiger charge is -2.72. The molecular formula is C47H73N3O6S. The van der Waals surface area contributed by atoms with Crippen LogP contribution in [0.5, 0.6) is 0 Å². The molecule has 6 aliphatic rings. The molecule has 1 aromatic rings. The summed E-state index contributed by atoms with van der Waals surface area (Å²) in [5.74, 6) is -0.415. The quantitative estimate of drug-likeness (QED) is 0.200. The van der Waals surface area contributed by atoms with Gasteiger partial charge in [-0.25, -0.2) is 4.98 Å². The molecule has 0 aliphatic heterocycles. The van der Waals surface area contributed by atoms with Gasteiger partial charge in [-0.1, -0.05) is 67.9 Å². The highest BCUT2D eigenvalue weighted by atomic mass is 32.1. The van der Waals surface area contributed by atoms with Crippen molar-refractivity contribution in [3.05, 3.63) is 27.7 Å². The second kappa shape index (κ2) is 14.8. The number of carboxylic acid groups (broad SMARTS) is 1. The van der Waals surface area contributed by atoms with Crippen molar-refractivity contribution in [1.82, 2.24) is 14.8 Å². The lowest BCUT2D eigenvalue weighted by atomic mass is 9.33. The summed E-state index contributed by atoms with van der Waals surface area (Å²) in [5.41, 5.74) is 1.11. The van der Waals surface area contributed by atoms with E-state index in [0.717, 1.165) is 75.0 Å². The van der Waals surface area contributed by atoms with Gasteiger partial charge in [-0.15, -0.1) is 11.3 Å². The summed E-state index contributed by atoms with van der Waals surface area (Å²) in [7, 11) is 4.18. The number of aliphatic carboxylic acids is 1. The Morgan fingerprint density at radius 3 is 2.25 bits per heavy atom. The minimum Gasteiger partial charge on any atom is -0.481 e. The van der Waals surface area contributed by atoms with E-state index in [-0.39, 0.29) is 57.3 Å². The van der Waals surface area contributed by atoms with Crippen LogP contribution in [0, 0.1) is 68.0 Å². The summed E-state index contributed by atoms with van der Waals surface area (Å²) in [6, 6.07) is 0. The van der Waals surface area contributed by atoms with E-state index in [0.29, 0.717) is 37.8 Å². The number of aliphatic hydroxyl groups excluding tert-OH is 1. The predicted octanol–water partition coefficient (Wildman–Crippen LogP) is 8.51. The molecule has 1 aromatic heterocycles. The van der Waals surface area contributed by atoms with Gasteiger partial charge in [-0.2, -0.15) is 0 Å². The number of ketones is 1. The molecule has 11 atom stereocenters. The molecule has 10 heteroatoms. The first-order valence-corrected chi connectivity index (χ1v) is 23.1. The van der Waals surface area contributed by atoms with Crippen molar-refractivity contribution >= 4 is 29.1 Å². The Balaban J connectivity index is 1.15. The summed E-state index contributed by atoms with van der Waals surface area (Å²) in [5, 5.41) is 25.4. The van der Waals surface area contributed by atoms with Crippen LogP contribution in [0.25, 0.3) is 0 Å². The highest BCUT2D eigenvalue weighted by molar-refractivity contribution is 7.09. The van der Waals surface area contributed by atoms with Gasteiger partial charge < -0.3 is 19.8 Å². The highest BCUT2D eigenvalue weighted by Gasteiger charge is 2.71. The van der Waals surface area contributed by atoms with Gasteiger partial charge in [0.15, 0.2) is 5.78 Å². The van der Waals surface area contributed by atoms with Crippen LogP contribution in [0.1, 0.15) is 132 Å². The summed E-state index contributed by atoms with van der Waals surface area (Å²) in [4.78, 5) is 48.9. The molecule has 5 saturated carbocycles. The Kier molecular flexibility index (Phi) is 11.2. The SMILES string of the molecule is CC(C)C1=C2[C@H]3CC[C@@H]4[C@@]5(C)CC[C@H](OC(=O)[C@H]6C[C@@H](C(=O)O)C6(C)C)C(C)(C)[C@@H]5CC[C@@]4(C)[C@]3(C)CC[C@@]2([C@@H](O)CN(CCN(C)C)Cc2nccs2)CC1=O. The zero-order valence-corrected chi connectivity index (χ0v) is 37.8. The molecule has 1 heterocycles. The van der Waals surface area contributed by atoms with Crippen LogP contribution in [-0.2, 0) is 25.7 Å². The number of fused-ring (bicyclic) bond motifs is 7. The first kappa shape index (κ1) is 43.0. The molecule has 6 aliphatic carbocycles. The number of hydrogen-bond donors (Lipinski definition) is 2. The molecule has 5 fully saturated rings. The molecule has 0 unspecified atom stereocenters. The molecule has 0 saturated heterocycles. The van der Waals surface area contributed by atoms with Crippen LogP contribution in [0.2, 0.25) is 0 Å². The van der Waals surface area contributed by atoms with Gasteiger partial charge in [-0.05, 0) is 123 Å². The normalized spacial score (nSPS) is 39.9. The molecule has 0 bridgehead atoms. The number of likely N-dealkylation sites (N-methyl/N-ethyl adjacent to an activating group) is 1. The number of aliphatic hydroxyl groups is 1. The number of Topliss-reactive ketones (excluding diaryl/α,β-unsaturated/α-hetero) is 1. The maximum absolute atomic E-state index is 14.3. The first-order valence-electron chi connectivity index (χ1n) is 22.2. The Hall–Kier alpha value is -2.14. The third kappa shape index (κ3) is 6.63. The number of hydrogen-bond acceptors (Lipinski definition) is 9. The third-order valence-corrected chi connectivity index (χ3v) is 19.1. The first-order chi connectivity index (χ1) is 26.5. The van der Waals surface area contributed by atoms with Gasteiger partial charge in [-0.3, -0.25) is 19.3 Å². The number of nitrogens with zero attached hydrogens (tertiary/aromatic N) is 3. The Bertz CT molecular complexity index is 1750. The number of aromatic nitrogens is 1. The van der Waals surface area contributed by atoms with Crippen molar-refractivity contribution < 1.29 is 29.3 Å². The number of allylic oxidation sites excluding steroid dienone is 1. The van der Waals surface area contributed by atoms with Gasteiger partial charge >= 0.3 is 11.9 Å². The van der Waals surface area contributed by atoms with Gasteiger partial charge in [0.1, 0.15) is 11.1 Å². The summed E-state index contributed by atoms with van der Waals surface area (Å²) in [6.07, 6.45) is 9.80. The lowest BCUT2D eigenvalue weighted by molar-refractivity contribution is -0.238. The second-order valence-electron chi connectivity index (χ2n) is 22.1. The van der Waals surface area contributed by atoms with Crippen molar-refractivity contribution in [2.45, 2.75) is 145 Å². The fraction of sp³-hybridized carbons (Fsp3) is 0.830. The van der Waals surface area contributed by atoms with E-state index in [4.69, 9.17) is 4.74 Å². The molecule has 7 rings (SSSR count). The van der Waals surface area contributed by atoms with E-state index in [1.165, 1.54) is 5.57 Å². The average molecular weight is 808 g/mol. The zero-order chi connectivity index (χ0) is 41.7. The molecule has 57 heavy (non-hydrogen) atoms. The van der Waals surface area contributed by atoms with Gasteiger partial charge in [0, 0.05) is 48.5 Å². The maximum Gasteiger partial charge on any atom is 0.309 e. The number of carboxylic acids is 1. The highest BCUT2D eigenvalue weighted by Crippen LogP contribution is 2.77. The number of ether oxygens (including phenoxy) is 1. The van der Waals surface area contributed by atoms with Crippen molar-refractivity contribution in [2.24, 2.45) is 68.0 Å². The maximum atomic E-state index is 14.3. The smallest absolute Gasteiger partial charge is 0.309 e. The van der Waals surface area contributed by atoms with Crippen LogP contribution in [0.3, 0.4) is 0 Å². The van der Waals surface area contributed by atoms with E-state index in [1.807, 2.05) is 25.4 Å². The number of esters is 1. The number of carbonyl (C=O) groups is 3. The average Bonchev–Trinajstić information content (AvgIpc) is 3.73. The standard InChI is InChI=1S/C47H73N3O6S/c1-28(2)38-32(51)25-47(35(52)26-50(22-21-49(10)11)27-37-48-20-23-57-37)19-18-45(8)29(39(38)47)12-13-34-44(7)16-15-36(43(5,6)33(44)14-17-46(34,45)9)56-41(55)31-24-30(40(53)54)42(31,3)4/h20,23,28-31,33-36,52H,12-19,21-22,24-27H2,1-11H3,(H,53,54)/t29-,30+,31-,33+,34-,35+,36+,44+,45-,46-,47+/m1/s1. The topological polar surface area (TPSA) is 120 Å². The zero-order valence-electron chi connectivity index (χ0n) is 37.0. The van der Waals surface area contributed by atoms with E-state index < -0.39 is 28.8 Å². The molecular weight excluding hydrogens is 735 g/mol. The second-order valence-corrected chi connectivity index (χ2v) is 23.1. The van der Waals surface area contributed by atoms with E-state index in [9.17, 15) is 24.6 Å². The Morgan fingerprint density at radius 1 is 0.912 bits per heavy atom. The molecule has 318 valence electrons. The molecule has 0 spiro atoms. The minimum atomic E-state index is -0.826. The van der Waals surface area contributed by atoms with Crippen LogP contribution in [0.4, 0.5) is 0 Å². The van der Waals surface area contributed by atoms with Crippen molar-refractivity contribution in [1.29, 1.82) is 0 Å². The van der Waals surface area contributed by atoms with Gasteiger partial charge in [0.25, 0.3) is 0 Å². The fourth-order valence-corrected chi connectivity index (χ4v) is 15.4. The molecule has 0 radical (unpaired) electrons.